The maximum atomic E-state index is 11.9. The summed E-state index contributed by atoms with van der Waals surface area (Å²) in [6.45, 7) is 0.0135. The second-order valence-electron chi connectivity index (χ2n) is 2.11. The highest BCUT2D eigenvalue weighted by atomic mass is 19.4. The van der Waals surface area contributed by atoms with Gasteiger partial charge in [-0.2, -0.15) is 13.2 Å². The van der Waals surface area contributed by atoms with Gasteiger partial charge in [0.25, 0.3) is 0 Å². The zero-order chi connectivity index (χ0) is 9.19. The quantitative estimate of drug-likeness (QED) is 0.698. The average Bonchev–Trinajstić information content (AvgIpc) is 2.35. The Morgan fingerprint density at radius 3 is 2.67 bits per heavy atom. The highest BCUT2D eigenvalue weighted by Crippen LogP contribution is 2.29. The van der Waals surface area contributed by atoms with Gasteiger partial charge in [-0.25, -0.2) is 0 Å². The van der Waals surface area contributed by atoms with E-state index >= 15 is 0 Å². The molecular formula is C6H6F3NO2. The molecule has 0 unspecified atom stereocenters. The number of ether oxygens (including phenoxy) is 1. The lowest BCUT2D eigenvalue weighted by atomic mass is 10.4. The first-order chi connectivity index (χ1) is 5.54. The molecule has 0 aromatic carbocycles. The Labute approximate surface area is 66.1 Å². The zero-order valence-electron chi connectivity index (χ0n) is 6.18. The smallest absolute Gasteiger partial charge is 0.378 e. The Morgan fingerprint density at radius 2 is 2.25 bits per heavy atom. The minimum Gasteiger partial charge on any atom is -0.378 e. The largest absolute Gasteiger partial charge is 0.452 e. The Kier molecular flexibility index (Phi) is 2.37. The fourth-order valence-corrected chi connectivity index (χ4v) is 0.661. The minimum absolute atomic E-state index is 0.0135. The van der Waals surface area contributed by atoms with Crippen LogP contribution >= 0.6 is 0 Å². The van der Waals surface area contributed by atoms with Crippen molar-refractivity contribution in [3.63, 3.8) is 0 Å². The Balaban J connectivity index is 2.77. The second-order valence-corrected chi connectivity index (χ2v) is 2.11. The van der Waals surface area contributed by atoms with Crippen LogP contribution in [-0.4, -0.2) is 12.3 Å². The molecule has 1 heterocycles. The standard InChI is InChI=1S/C6H6F3NO2/c1-11-3-4-2-5(12-10-4)6(7,8)9/h2H,3H2,1H3. The molecule has 6 heteroatoms. The number of rotatable bonds is 2. The van der Waals surface area contributed by atoms with Crippen LogP contribution in [0.1, 0.15) is 11.5 Å². The third kappa shape index (κ3) is 1.97. The summed E-state index contributed by atoms with van der Waals surface area (Å²) in [4.78, 5) is 0. The predicted molar refractivity (Wildman–Crippen MR) is 32.2 cm³/mol. The summed E-state index contributed by atoms with van der Waals surface area (Å²) in [5, 5.41) is 3.15. The Hall–Kier alpha value is -1.04. The zero-order valence-corrected chi connectivity index (χ0v) is 6.18. The fraction of sp³-hybridized carbons (Fsp3) is 0.500. The fourth-order valence-electron chi connectivity index (χ4n) is 0.661. The van der Waals surface area contributed by atoms with Crippen LogP contribution in [0.5, 0.6) is 0 Å². The van der Waals surface area contributed by atoms with Gasteiger partial charge in [0.1, 0.15) is 5.69 Å². The van der Waals surface area contributed by atoms with Crippen molar-refractivity contribution in [1.29, 1.82) is 0 Å². The van der Waals surface area contributed by atoms with E-state index in [0.29, 0.717) is 0 Å². The molecule has 0 aliphatic rings. The molecule has 0 saturated carbocycles. The van der Waals surface area contributed by atoms with E-state index < -0.39 is 11.9 Å². The van der Waals surface area contributed by atoms with Crippen molar-refractivity contribution in [3.05, 3.63) is 17.5 Å². The molecule has 0 aliphatic heterocycles. The van der Waals surface area contributed by atoms with Gasteiger partial charge in [-0.1, -0.05) is 5.16 Å². The summed E-state index contributed by atoms with van der Waals surface area (Å²) in [5.74, 6) is -1.10. The Bertz CT molecular complexity index is 256. The molecule has 0 saturated heterocycles. The highest BCUT2D eigenvalue weighted by Gasteiger charge is 2.35. The van der Waals surface area contributed by atoms with Crippen molar-refractivity contribution in [2.24, 2.45) is 0 Å². The van der Waals surface area contributed by atoms with Gasteiger partial charge in [-0.3, -0.25) is 0 Å². The molecule has 0 atom stereocenters. The lowest BCUT2D eigenvalue weighted by Crippen LogP contribution is -2.02. The SMILES string of the molecule is COCc1cc(C(F)(F)F)on1. The number of alkyl halides is 3. The summed E-state index contributed by atoms with van der Waals surface area (Å²) >= 11 is 0. The molecule has 68 valence electrons. The summed E-state index contributed by atoms with van der Waals surface area (Å²) in [7, 11) is 1.36. The van der Waals surface area contributed by atoms with Crippen LogP contribution in [-0.2, 0) is 17.5 Å². The van der Waals surface area contributed by atoms with E-state index in [1.165, 1.54) is 7.11 Å². The number of nitrogens with zero attached hydrogens (tertiary/aromatic N) is 1. The number of hydrogen-bond acceptors (Lipinski definition) is 3. The van der Waals surface area contributed by atoms with Crippen LogP contribution in [0.15, 0.2) is 10.6 Å². The van der Waals surface area contributed by atoms with Gasteiger partial charge in [0.15, 0.2) is 0 Å². The molecule has 0 N–H and O–H groups in total. The molecule has 1 aromatic rings. The number of methoxy groups -OCH3 is 1. The maximum Gasteiger partial charge on any atom is 0.452 e. The molecular weight excluding hydrogens is 175 g/mol. The molecule has 0 amide bonds. The lowest BCUT2D eigenvalue weighted by molar-refractivity contribution is -0.155. The maximum absolute atomic E-state index is 11.9. The van der Waals surface area contributed by atoms with E-state index in [1.807, 2.05) is 0 Å². The number of aromatic nitrogens is 1. The Morgan fingerprint density at radius 1 is 1.58 bits per heavy atom. The van der Waals surface area contributed by atoms with Crippen LogP contribution in [0.4, 0.5) is 13.2 Å². The van der Waals surface area contributed by atoms with E-state index in [-0.39, 0.29) is 12.3 Å². The van der Waals surface area contributed by atoms with Crippen LogP contribution in [0.25, 0.3) is 0 Å². The summed E-state index contributed by atoms with van der Waals surface area (Å²) in [5.41, 5.74) is 0.129. The molecule has 0 fully saturated rings. The van der Waals surface area contributed by atoms with Gasteiger partial charge in [-0.05, 0) is 0 Å². The molecule has 0 spiro atoms. The third-order valence-corrected chi connectivity index (χ3v) is 1.13. The van der Waals surface area contributed by atoms with Crippen molar-refractivity contribution >= 4 is 0 Å². The molecule has 0 radical (unpaired) electrons. The normalized spacial score (nSPS) is 12.0. The third-order valence-electron chi connectivity index (χ3n) is 1.13. The first-order valence-corrected chi connectivity index (χ1v) is 3.06. The molecule has 12 heavy (non-hydrogen) atoms. The summed E-state index contributed by atoms with van der Waals surface area (Å²) < 4.78 is 44.2. The second kappa shape index (κ2) is 3.14. The van der Waals surface area contributed by atoms with Gasteiger partial charge in [0.2, 0.25) is 5.76 Å². The summed E-state index contributed by atoms with van der Waals surface area (Å²) in [6, 6.07) is 0.809. The average molecular weight is 181 g/mol. The van der Waals surface area contributed by atoms with Gasteiger partial charge in [-0.15, -0.1) is 0 Å². The van der Waals surface area contributed by atoms with Crippen LogP contribution in [0.3, 0.4) is 0 Å². The lowest BCUT2D eigenvalue weighted by Gasteiger charge is -1.97. The van der Waals surface area contributed by atoms with Crippen LogP contribution in [0.2, 0.25) is 0 Å². The van der Waals surface area contributed by atoms with E-state index in [9.17, 15) is 13.2 Å². The van der Waals surface area contributed by atoms with Crippen molar-refractivity contribution in [2.45, 2.75) is 12.8 Å². The predicted octanol–water partition coefficient (Wildman–Crippen LogP) is 1.84. The van der Waals surface area contributed by atoms with Crippen molar-refractivity contribution in [1.82, 2.24) is 5.16 Å². The van der Waals surface area contributed by atoms with E-state index in [1.54, 1.807) is 0 Å². The highest BCUT2D eigenvalue weighted by molar-refractivity contribution is 5.07. The molecule has 0 aliphatic carbocycles. The topological polar surface area (TPSA) is 35.3 Å². The first kappa shape index (κ1) is 9.05. The first-order valence-electron chi connectivity index (χ1n) is 3.06. The summed E-state index contributed by atoms with van der Waals surface area (Å²) in [6.07, 6.45) is -4.47. The number of hydrogen-bond donors (Lipinski definition) is 0. The van der Waals surface area contributed by atoms with Gasteiger partial charge in [0.05, 0.1) is 6.61 Å². The van der Waals surface area contributed by atoms with Crippen LogP contribution in [0, 0.1) is 0 Å². The van der Waals surface area contributed by atoms with Crippen molar-refractivity contribution in [2.75, 3.05) is 7.11 Å². The molecule has 1 rings (SSSR count). The molecule has 0 bridgehead atoms. The van der Waals surface area contributed by atoms with Crippen LogP contribution < -0.4 is 0 Å². The van der Waals surface area contributed by atoms with Gasteiger partial charge in [0, 0.05) is 13.2 Å². The van der Waals surface area contributed by atoms with Crippen molar-refractivity contribution in [3.8, 4) is 0 Å². The minimum atomic E-state index is -4.47. The molecule has 3 nitrogen and oxygen atoms in total. The van der Waals surface area contributed by atoms with E-state index in [2.05, 4.69) is 14.4 Å². The van der Waals surface area contributed by atoms with Gasteiger partial charge >= 0.3 is 6.18 Å². The molecule has 1 aromatic heterocycles. The van der Waals surface area contributed by atoms with E-state index in [0.717, 1.165) is 6.07 Å². The van der Waals surface area contributed by atoms with Gasteiger partial charge < -0.3 is 9.26 Å². The monoisotopic (exact) mass is 181 g/mol. The van der Waals surface area contributed by atoms with Crippen molar-refractivity contribution < 1.29 is 22.4 Å². The number of halogens is 3. The van der Waals surface area contributed by atoms with E-state index in [4.69, 9.17) is 0 Å².